The maximum atomic E-state index is 12.0. The molecule has 0 saturated carbocycles. The van der Waals surface area contributed by atoms with Crippen LogP contribution in [0, 0.1) is 0 Å². The van der Waals surface area contributed by atoms with Gasteiger partial charge in [0.1, 0.15) is 5.75 Å². The molecule has 1 heterocycles. The van der Waals surface area contributed by atoms with Gasteiger partial charge in [-0.25, -0.2) is 4.79 Å². The highest BCUT2D eigenvalue weighted by Gasteiger charge is 2.12. The van der Waals surface area contributed by atoms with Crippen molar-refractivity contribution in [1.29, 1.82) is 0 Å². The maximum absolute atomic E-state index is 12.0. The number of methoxy groups -OCH3 is 1. The Kier molecular flexibility index (Phi) is 6.27. The van der Waals surface area contributed by atoms with Gasteiger partial charge in [-0.15, -0.1) is 0 Å². The van der Waals surface area contributed by atoms with Gasteiger partial charge in [0.15, 0.2) is 6.61 Å². The molecule has 1 N–H and O–H groups in total. The average Bonchev–Trinajstić information content (AvgIpc) is 2.73. The SMILES string of the molecule is COc1ccc(C(=O)OCC(=O)Nc2ccc(N3CCOCC3)cc2)cc1. The van der Waals surface area contributed by atoms with Crippen molar-refractivity contribution >= 4 is 23.3 Å². The highest BCUT2D eigenvalue weighted by Crippen LogP contribution is 2.19. The molecule has 27 heavy (non-hydrogen) atoms. The molecular formula is C20H22N2O5. The monoisotopic (exact) mass is 370 g/mol. The summed E-state index contributed by atoms with van der Waals surface area (Å²) in [5.41, 5.74) is 2.10. The lowest BCUT2D eigenvalue weighted by Crippen LogP contribution is -2.36. The van der Waals surface area contributed by atoms with Gasteiger partial charge in [-0.1, -0.05) is 0 Å². The molecule has 0 radical (unpaired) electrons. The second-order valence-corrected chi connectivity index (χ2v) is 6.00. The summed E-state index contributed by atoms with van der Waals surface area (Å²) in [7, 11) is 1.55. The predicted molar refractivity (Wildman–Crippen MR) is 101 cm³/mol. The zero-order chi connectivity index (χ0) is 19.1. The molecule has 3 rings (SSSR count). The number of nitrogens with zero attached hydrogens (tertiary/aromatic N) is 1. The molecule has 0 bridgehead atoms. The Morgan fingerprint density at radius 1 is 1.04 bits per heavy atom. The third kappa shape index (κ3) is 5.21. The number of rotatable bonds is 6. The standard InChI is InChI=1S/C20H22N2O5/c1-25-18-8-2-15(3-9-18)20(24)27-14-19(23)21-16-4-6-17(7-5-16)22-10-12-26-13-11-22/h2-9H,10-14H2,1H3,(H,21,23). The summed E-state index contributed by atoms with van der Waals surface area (Å²) in [6.07, 6.45) is 0. The molecule has 1 saturated heterocycles. The minimum atomic E-state index is -0.560. The topological polar surface area (TPSA) is 77.1 Å². The number of ether oxygens (including phenoxy) is 3. The molecule has 0 unspecified atom stereocenters. The molecule has 7 heteroatoms. The van der Waals surface area contributed by atoms with Crippen LogP contribution < -0.4 is 15.0 Å². The smallest absolute Gasteiger partial charge is 0.338 e. The number of hydrogen-bond donors (Lipinski definition) is 1. The lowest BCUT2D eigenvalue weighted by molar-refractivity contribution is -0.119. The molecular weight excluding hydrogens is 348 g/mol. The molecule has 0 atom stereocenters. The summed E-state index contributed by atoms with van der Waals surface area (Å²) < 4.78 is 15.4. The number of carbonyl (C=O) groups excluding carboxylic acids is 2. The Morgan fingerprint density at radius 3 is 2.33 bits per heavy atom. The van der Waals surface area contributed by atoms with E-state index < -0.39 is 11.9 Å². The fraction of sp³-hybridized carbons (Fsp3) is 0.300. The summed E-state index contributed by atoms with van der Waals surface area (Å²) in [5, 5.41) is 2.72. The van der Waals surface area contributed by atoms with Crippen molar-refractivity contribution < 1.29 is 23.8 Å². The lowest BCUT2D eigenvalue weighted by atomic mass is 10.2. The van der Waals surface area contributed by atoms with Gasteiger partial charge in [-0.3, -0.25) is 4.79 Å². The maximum Gasteiger partial charge on any atom is 0.338 e. The Hall–Kier alpha value is -3.06. The Labute approximate surface area is 157 Å². The van der Waals surface area contributed by atoms with Crippen LogP contribution in [0.25, 0.3) is 0 Å². The highest BCUT2D eigenvalue weighted by atomic mass is 16.5. The van der Waals surface area contributed by atoms with Crippen molar-refractivity contribution in [2.45, 2.75) is 0 Å². The number of benzene rings is 2. The van der Waals surface area contributed by atoms with E-state index in [-0.39, 0.29) is 6.61 Å². The number of nitrogens with one attached hydrogen (secondary N) is 1. The van der Waals surface area contributed by atoms with Gasteiger partial charge in [0.05, 0.1) is 25.9 Å². The molecule has 142 valence electrons. The number of anilines is 2. The van der Waals surface area contributed by atoms with E-state index in [4.69, 9.17) is 14.2 Å². The van der Waals surface area contributed by atoms with E-state index >= 15 is 0 Å². The van der Waals surface area contributed by atoms with Gasteiger partial charge in [-0.2, -0.15) is 0 Å². The Bertz CT molecular complexity index is 768. The summed E-state index contributed by atoms with van der Waals surface area (Å²) in [4.78, 5) is 26.2. The van der Waals surface area contributed by atoms with Crippen molar-refractivity contribution in [3.63, 3.8) is 0 Å². The summed E-state index contributed by atoms with van der Waals surface area (Å²) >= 11 is 0. The van der Waals surface area contributed by atoms with Crippen LogP contribution in [0.15, 0.2) is 48.5 Å². The van der Waals surface area contributed by atoms with E-state index in [0.29, 0.717) is 17.0 Å². The van der Waals surface area contributed by atoms with Crippen molar-refractivity contribution in [2.24, 2.45) is 0 Å². The molecule has 2 aromatic carbocycles. The molecule has 1 fully saturated rings. The third-order valence-electron chi connectivity index (χ3n) is 4.19. The Morgan fingerprint density at radius 2 is 1.70 bits per heavy atom. The van der Waals surface area contributed by atoms with Crippen molar-refractivity contribution in [2.75, 3.05) is 50.2 Å². The largest absolute Gasteiger partial charge is 0.497 e. The van der Waals surface area contributed by atoms with Crippen LogP contribution in [-0.4, -0.2) is 51.9 Å². The van der Waals surface area contributed by atoms with Crippen molar-refractivity contribution in [3.05, 3.63) is 54.1 Å². The second kappa shape index (κ2) is 9.05. The minimum Gasteiger partial charge on any atom is -0.497 e. The molecule has 1 aliphatic heterocycles. The highest BCUT2D eigenvalue weighted by molar-refractivity contribution is 5.95. The van der Waals surface area contributed by atoms with E-state index in [1.807, 2.05) is 24.3 Å². The number of hydrogen-bond acceptors (Lipinski definition) is 6. The van der Waals surface area contributed by atoms with Crippen LogP contribution in [0.5, 0.6) is 5.75 Å². The van der Waals surface area contributed by atoms with E-state index in [1.165, 1.54) is 0 Å². The van der Waals surface area contributed by atoms with Gasteiger partial charge < -0.3 is 24.4 Å². The zero-order valence-corrected chi connectivity index (χ0v) is 15.1. The molecule has 1 amide bonds. The quantitative estimate of drug-likeness (QED) is 0.787. The van der Waals surface area contributed by atoms with Crippen molar-refractivity contribution in [3.8, 4) is 5.75 Å². The zero-order valence-electron chi connectivity index (χ0n) is 15.1. The molecule has 1 aliphatic rings. The number of carbonyl (C=O) groups is 2. The van der Waals surface area contributed by atoms with Gasteiger partial charge in [0.2, 0.25) is 0 Å². The second-order valence-electron chi connectivity index (χ2n) is 6.00. The predicted octanol–water partition coefficient (Wildman–Crippen LogP) is 2.33. The first-order valence-electron chi connectivity index (χ1n) is 8.69. The molecule has 7 nitrogen and oxygen atoms in total. The van der Waals surface area contributed by atoms with Crippen molar-refractivity contribution in [1.82, 2.24) is 0 Å². The number of amides is 1. The summed E-state index contributed by atoms with van der Waals surface area (Å²) in [6.45, 7) is 2.80. The van der Waals surface area contributed by atoms with E-state index in [0.717, 1.165) is 32.0 Å². The van der Waals surface area contributed by atoms with Gasteiger partial charge in [-0.05, 0) is 48.5 Å². The first-order chi connectivity index (χ1) is 13.2. The van der Waals surface area contributed by atoms with Crippen LogP contribution in [0.2, 0.25) is 0 Å². The fourth-order valence-corrected chi connectivity index (χ4v) is 2.72. The van der Waals surface area contributed by atoms with Gasteiger partial charge in [0.25, 0.3) is 5.91 Å². The van der Waals surface area contributed by atoms with E-state index in [9.17, 15) is 9.59 Å². The number of esters is 1. The molecule has 0 aliphatic carbocycles. The third-order valence-corrected chi connectivity index (χ3v) is 4.19. The van der Waals surface area contributed by atoms with Crippen LogP contribution in [0.4, 0.5) is 11.4 Å². The molecule has 0 aromatic heterocycles. The van der Waals surface area contributed by atoms with Gasteiger partial charge in [0, 0.05) is 24.5 Å². The normalized spacial score (nSPS) is 13.7. The minimum absolute atomic E-state index is 0.351. The molecule has 0 spiro atoms. The first-order valence-corrected chi connectivity index (χ1v) is 8.69. The van der Waals surface area contributed by atoms with E-state index in [1.54, 1.807) is 31.4 Å². The fourth-order valence-electron chi connectivity index (χ4n) is 2.72. The summed E-state index contributed by atoms with van der Waals surface area (Å²) in [6, 6.07) is 14.0. The molecule has 2 aromatic rings. The number of morpholine rings is 1. The van der Waals surface area contributed by atoms with Crippen LogP contribution >= 0.6 is 0 Å². The Balaban J connectivity index is 1.47. The average molecular weight is 370 g/mol. The van der Waals surface area contributed by atoms with Crippen LogP contribution in [0.3, 0.4) is 0 Å². The van der Waals surface area contributed by atoms with E-state index in [2.05, 4.69) is 10.2 Å². The van der Waals surface area contributed by atoms with Crippen LogP contribution in [-0.2, 0) is 14.3 Å². The summed E-state index contributed by atoms with van der Waals surface area (Å²) in [5.74, 6) is -0.309. The lowest BCUT2D eigenvalue weighted by Gasteiger charge is -2.28. The van der Waals surface area contributed by atoms with Gasteiger partial charge >= 0.3 is 5.97 Å². The first kappa shape index (κ1) is 18.7. The van der Waals surface area contributed by atoms with Crippen LogP contribution in [0.1, 0.15) is 10.4 Å².